The molecule has 0 aliphatic carbocycles. The third-order valence-corrected chi connectivity index (χ3v) is 6.88. The normalized spacial score (nSPS) is 15.7. The van der Waals surface area contributed by atoms with Crippen LogP contribution in [0, 0.1) is 5.41 Å². The summed E-state index contributed by atoms with van der Waals surface area (Å²) in [6.45, 7) is 3.98. The predicted molar refractivity (Wildman–Crippen MR) is 119 cm³/mol. The fourth-order valence-corrected chi connectivity index (χ4v) is 4.61. The number of hydrogen-bond donors (Lipinski definition) is 2. The molecule has 1 aliphatic heterocycles. The van der Waals surface area contributed by atoms with E-state index < -0.39 is 6.09 Å². The third-order valence-electron chi connectivity index (χ3n) is 5.40. The highest BCUT2D eigenvalue weighted by molar-refractivity contribution is 7.99. The number of anilines is 1. The van der Waals surface area contributed by atoms with Crippen molar-refractivity contribution in [3.63, 3.8) is 0 Å². The average Bonchev–Trinajstić information content (AvgIpc) is 2.76. The van der Waals surface area contributed by atoms with E-state index in [1.165, 1.54) is 18.1 Å². The van der Waals surface area contributed by atoms with Gasteiger partial charge in [-0.3, -0.25) is 4.79 Å². The number of rotatable bonds is 5. The number of amides is 1. The third kappa shape index (κ3) is 4.75. The van der Waals surface area contributed by atoms with Gasteiger partial charge in [-0.25, -0.2) is 19.7 Å². The molecule has 11 heteroatoms. The smallest absolute Gasteiger partial charge is 0.404 e. The van der Waals surface area contributed by atoms with Gasteiger partial charge in [0.25, 0.3) is 5.56 Å². The highest BCUT2D eigenvalue weighted by Gasteiger charge is 2.32. The number of primary amides is 1. The number of aromatic amines is 1. The van der Waals surface area contributed by atoms with Crippen molar-refractivity contribution in [3.05, 3.63) is 46.2 Å². The molecule has 3 N–H and O–H groups in total. The Balaban J connectivity index is 1.43. The fourth-order valence-electron chi connectivity index (χ4n) is 3.49. The molecular weight excluding hydrogens is 440 g/mol. The molecule has 9 nitrogen and oxygen atoms in total. The summed E-state index contributed by atoms with van der Waals surface area (Å²) in [5, 5.41) is 1.37. The zero-order chi connectivity index (χ0) is 22.0. The van der Waals surface area contributed by atoms with Crippen molar-refractivity contribution in [1.29, 1.82) is 0 Å². The Hall–Kier alpha value is -2.85. The maximum atomic E-state index is 12.1. The molecule has 4 rings (SSSR count). The van der Waals surface area contributed by atoms with Gasteiger partial charge in [-0.15, -0.1) is 0 Å². The summed E-state index contributed by atoms with van der Waals surface area (Å²) < 4.78 is 4.99. The Morgan fingerprint density at radius 1 is 1.29 bits per heavy atom. The first-order chi connectivity index (χ1) is 14.8. The number of ether oxygens (including phenoxy) is 1. The number of H-pyrrole nitrogens is 1. The summed E-state index contributed by atoms with van der Waals surface area (Å²) in [4.78, 5) is 41.5. The lowest BCUT2D eigenvalue weighted by atomic mass is 9.81. The standard InChI is InChI=1S/C20H21ClN6O3S/c1-20(10-30-19(22)29)4-6-27(7-5-20)14-8-24-15(9-23-14)31-13-3-2-12-16(17(13)21)18(28)26-11-25-12/h2-3,8-9,11H,4-7,10H2,1H3,(H2,22,29)(H,25,26,28). The van der Waals surface area contributed by atoms with Crippen LogP contribution in [0.1, 0.15) is 19.8 Å². The Bertz CT molecular complexity index is 1160. The summed E-state index contributed by atoms with van der Waals surface area (Å²) in [6, 6.07) is 3.57. The largest absolute Gasteiger partial charge is 0.449 e. The molecule has 162 valence electrons. The summed E-state index contributed by atoms with van der Waals surface area (Å²) in [6.07, 6.45) is 5.75. The van der Waals surface area contributed by atoms with E-state index in [2.05, 4.69) is 31.8 Å². The van der Waals surface area contributed by atoms with Crippen LogP contribution >= 0.6 is 23.4 Å². The van der Waals surface area contributed by atoms with Gasteiger partial charge < -0.3 is 20.4 Å². The van der Waals surface area contributed by atoms with Crippen LogP contribution in [0.15, 0.2) is 45.6 Å². The van der Waals surface area contributed by atoms with Crippen LogP contribution in [-0.4, -0.2) is 45.7 Å². The summed E-state index contributed by atoms with van der Waals surface area (Å²) in [5.41, 5.74) is 5.25. The molecule has 31 heavy (non-hydrogen) atoms. The molecule has 1 fully saturated rings. The number of nitrogens with two attached hydrogens (primary N) is 1. The molecule has 1 amide bonds. The van der Waals surface area contributed by atoms with Gasteiger partial charge in [-0.2, -0.15) is 0 Å². The number of halogens is 1. The molecule has 0 atom stereocenters. The second-order valence-corrected chi connectivity index (χ2v) is 9.16. The minimum Gasteiger partial charge on any atom is -0.449 e. The minimum absolute atomic E-state index is 0.0890. The highest BCUT2D eigenvalue weighted by Crippen LogP contribution is 2.36. The Labute approximate surface area is 187 Å². The van der Waals surface area contributed by atoms with Crippen molar-refractivity contribution in [2.24, 2.45) is 11.1 Å². The van der Waals surface area contributed by atoms with Gasteiger partial charge in [0.2, 0.25) is 0 Å². The second kappa shape index (κ2) is 8.72. The molecule has 1 saturated heterocycles. The van der Waals surface area contributed by atoms with Crippen molar-refractivity contribution >= 4 is 46.2 Å². The van der Waals surface area contributed by atoms with E-state index in [0.29, 0.717) is 32.5 Å². The molecule has 0 bridgehead atoms. The van der Waals surface area contributed by atoms with Gasteiger partial charge >= 0.3 is 6.09 Å². The van der Waals surface area contributed by atoms with E-state index in [1.54, 1.807) is 18.5 Å². The first-order valence-corrected chi connectivity index (χ1v) is 10.9. The summed E-state index contributed by atoms with van der Waals surface area (Å²) >= 11 is 7.78. The molecule has 0 radical (unpaired) electrons. The molecule has 3 heterocycles. The molecule has 3 aromatic rings. The van der Waals surface area contributed by atoms with E-state index in [-0.39, 0.29) is 11.0 Å². The Kier molecular flexibility index (Phi) is 6.01. The van der Waals surface area contributed by atoms with Crippen LogP contribution < -0.4 is 16.2 Å². The topological polar surface area (TPSA) is 127 Å². The van der Waals surface area contributed by atoms with Crippen LogP contribution in [0.5, 0.6) is 0 Å². The van der Waals surface area contributed by atoms with Crippen molar-refractivity contribution in [1.82, 2.24) is 19.9 Å². The van der Waals surface area contributed by atoms with Crippen LogP contribution in [0.25, 0.3) is 10.9 Å². The maximum Gasteiger partial charge on any atom is 0.404 e. The number of aromatic nitrogens is 4. The van der Waals surface area contributed by atoms with E-state index in [1.807, 2.05) is 6.07 Å². The number of fused-ring (bicyclic) bond motifs is 1. The zero-order valence-corrected chi connectivity index (χ0v) is 18.4. The number of nitrogens with zero attached hydrogens (tertiary/aromatic N) is 4. The summed E-state index contributed by atoms with van der Waals surface area (Å²) in [5.74, 6) is 0.785. The van der Waals surface area contributed by atoms with Crippen LogP contribution in [0.3, 0.4) is 0 Å². The van der Waals surface area contributed by atoms with Gasteiger partial charge in [0, 0.05) is 23.4 Å². The SMILES string of the molecule is CC1(COC(N)=O)CCN(c2cnc(Sc3ccc4nc[nH]c(=O)c4c3Cl)cn2)CC1. The predicted octanol–water partition coefficient (Wildman–Crippen LogP) is 3.22. The monoisotopic (exact) mass is 460 g/mol. The molecule has 1 aromatic carbocycles. The average molecular weight is 461 g/mol. The molecule has 0 unspecified atom stereocenters. The van der Waals surface area contributed by atoms with Crippen molar-refractivity contribution in [2.45, 2.75) is 29.7 Å². The Morgan fingerprint density at radius 2 is 2.06 bits per heavy atom. The zero-order valence-electron chi connectivity index (χ0n) is 16.8. The maximum absolute atomic E-state index is 12.1. The summed E-state index contributed by atoms with van der Waals surface area (Å²) in [7, 11) is 0. The molecular formula is C20H21ClN6O3S. The number of hydrogen-bond acceptors (Lipinski definition) is 8. The number of carbonyl (C=O) groups is 1. The first kappa shape index (κ1) is 21.4. The molecule has 1 aliphatic rings. The van der Waals surface area contributed by atoms with Crippen LogP contribution in [-0.2, 0) is 4.74 Å². The van der Waals surface area contributed by atoms with E-state index in [0.717, 1.165) is 31.7 Å². The second-order valence-electron chi connectivity index (χ2n) is 7.72. The molecule has 0 spiro atoms. The van der Waals surface area contributed by atoms with Crippen molar-refractivity contribution < 1.29 is 9.53 Å². The van der Waals surface area contributed by atoms with Gasteiger partial charge in [-0.05, 0) is 25.0 Å². The lowest BCUT2D eigenvalue weighted by Gasteiger charge is -2.39. The lowest BCUT2D eigenvalue weighted by molar-refractivity contribution is 0.0818. The number of benzene rings is 1. The van der Waals surface area contributed by atoms with Crippen LogP contribution in [0.4, 0.5) is 10.6 Å². The molecule has 0 saturated carbocycles. The number of carbonyl (C=O) groups excluding carboxylic acids is 1. The van der Waals surface area contributed by atoms with Crippen LogP contribution in [0.2, 0.25) is 5.02 Å². The van der Waals surface area contributed by atoms with Gasteiger partial charge in [0.15, 0.2) is 0 Å². The van der Waals surface area contributed by atoms with Crippen molar-refractivity contribution in [2.75, 3.05) is 24.6 Å². The molecule has 2 aromatic heterocycles. The Morgan fingerprint density at radius 3 is 2.74 bits per heavy atom. The van der Waals surface area contributed by atoms with E-state index in [4.69, 9.17) is 22.1 Å². The fraction of sp³-hybridized carbons (Fsp3) is 0.350. The van der Waals surface area contributed by atoms with E-state index >= 15 is 0 Å². The first-order valence-electron chi connectivity index (χ1n) is 9.68. The van der Waals surface area contributed by atoms with E-state index in [9.17, 15) is 9.59 Å². The number of piperidine rings is 1. The van der Waals surface area contributed by atoms with Gasteiger partial charge in [0.1, 0.15) is 10.8 Å². The number of nitrogens with one attached hydrogen (secondary N) is 1. The van der Waals surface area contributed by atoms with Gasteiger partial charge in [-0.1, -0.05) is 30.3 Å². The minimum atomic E-state index is -0.741. The lowest BCUT2D eigenvalue weighted by Crippen LogP contribution is -2.42. The quantitative estimate of drug-likeness (QED) is 0.594. The van der Waals surface area contributed by atoms with Gasteiger partial charge in [0.05, 0.1) is 41.3 Å². The van der Waals surface area contributed by atoms with Crippen molar-refractivity contribution in [3.8, 4) is 0 Å². The highest BCUT2D eigenvalue weighted by atomic mass is 35.5.